The molecular formula is C21H25ClO3. The lowest BCUT2D eigenvalue weighted by Gasteiger charge is -2.38. The van der Waals surface area contributed by atoms with E-state index in [1.165, 1.54) is 0 Å². The Labute approximate surface area is 154 Å². The number of hydrogen-bond donors (Lipinski definition) is 2. The summed E-state index contributed by atoms with van der Waals surface area (Å²) in [5.74, 6) is 0.460. The van der Waals surface area contributed by atoms with Crippen LogP contribution < -0.4 is 0 Å². The van der Waals surface area contributed by atoms with Gasteiger partial charge in [0.05, 0.1) is 12.2 Å². The molecule has 0 radical (unpaired) electrons. The second-order valence-corrected chi connectivity index (χ2v) is 7.39. The first-order chi connectivity index (χ1) is 12.0. The van der Waals surface area contributed by atoms with Crippen LogP contribution in [-0.2, 0) is 11.2 Å². The molecule has 1 fully saturated rings. The van der Waals surface area contributed by atoms with Crippen LogP contribution >= 0.6 is 11.6 Å². The summed E-state index contributed by atoms with van der Waals surface area (Å²) in [5, 5.41) is 20.7. The molecule has 134 valence electrons. The van der Waals surface area contributed by atoms with Gasteiger partial charge in [0.25, 0.3) is 0 Å². The summed E-state index contributed by atoms with van der Waals surface area (Å²) >= 11 is 6.38. The van der Waals surface area contributed by atoms with Crippen molar-refractivity contribution in [3.05, 3.63) is 64.2 Å². The van der Waals surface area contributed by atoms with Crippen molar-refractivity contribution in [3.63, 3.8) is 0 Å². The summed E-state index contributed by atoms with van der Waals surface area (Å²) < 4.78 is 6.14. The Kier molecular flexibility index (Phi) is 5.67. The van der Waals surface area contributed by atoms with Crippen molar-refractivity contribution < 1.29 is 14.9 Å². The molecular weight excluding hydrogens is 336 g/mol. The second-order valence-electron chi connectivity index (χ2n) is 6.98. The van der Waals surface area contributed by atoms with Gasteiger partial charge in [-0.3, -0.25) is 0 Å². The molecule has 0 bridgehead atoms. The van der Waals surface area contributed by atoms with E-state index in [2.05, 4.69) is 13.8 Å². The number of ether oxygens (including phenoxy) is 1. The minimum absolute atomic E-state index is 0.180. The Bertz CT molecular complexity index is 714. The molecule has 1 heterocycles. The number of phenolic OH excluding ortho intramolecular Hbond substituents is 1. The summed E-state index contributed by atoms with van der Waals surface area (Å²) in [6, 6.07) is 13.0. The fourth-order valence-electron chi connectivity index (χ4n) is 3.48. The normalized spacial score (nSPS) is 26.6. The molecule has 1 aliphatic heterocycles. The van der Waals surface area contributed by atoms with Gasteiger partial charge >= 0.3 is 0 Å². The first-order valence-electron chi connectivity index (χ1n) is 8.87. The number of aliphatic hydroxyl groups is 1. The smallest absolute Gasteiger partial charge is 0.115 e. The Morgan fingerprint density at radius 1 is 1.16 bits per heavy atom. The highest BCUT2D eigenvalue weighted by molar-refractivity contribution is 6.31. The molecule has 1 saturated heterocycles. The lowest BCUT2D eigenvalue weighted by atomic mass is 9.86. The summed E-state index contributed by atoms with van der Waals surface area (Å²) in [6.07, 6.45) is 1.86. The molecule has 4 unspecified atom stereocenters. The largest absolute Gasteiger partial charge is 0.508 e. The van der Waals surface area contributed by atoms with E-state index in [1.54, 1.807) is 12.1 Å². The summed E-state index contributed by atoms with van der Waals surface area (Å²) in [4.78, 5) is 0. The zero-order valence-electron chi connectivity index (χ0n) is 14.7. The molecule has 1 aliphatic rings. The summed E-state index contributed by atoms with van der Waals surface area (Å²) in [7, 11) is 0. The lowest BCUT2D eigenvalue weighted by molar-refractivity contribution is -0.144. The third-order valence-electron chi connectivity index (χ3n) is 5.05. The molecule has 2 aromatic rings. The molecule has 4 atom stereocenters. The van der Waals surface area contributed by atoms with Crippen LogP contribution in [0.1, 0.15) is 49.5 Å². The van der Waals surface area contributed by atoms with Crippen molar-refractivity contribution in [2.24, 2.45) is 5.92 Å². The van der Waals surface area contributed by atoms with Crippen LogP contribution in [0.15, 0.2) is 42.5 Å². The molecule has 3 nitrogen and oxygen atoms in total. The number of hydrogen-bond acceptors (Lipinski definition) is 3. The number of benzene rings is 2. The van der Waals surface area contributed by atoms with Crippen LogP contribution in [0.4, 0.5) is 0 Å². The van der Waals surface area contributed by atoms with Crippen LogP contribution in [0.3, 0.4) is 0 Å². The van der Waals surface area contributed by atoms with Crippen LogP contribution in [-0.4, -0.2) is 22.4 Å². The molecule has 2 N–H and O–H groups in total. The average Bonchev–Trinajstić information content (AvgIpc) is 2.61. The standard InChI is InChI=1S/C21H25ClO3/c1-3-18-10-13(2)20(24)21(25-18)15-6-9-19(22)16(12-15)11-14-4-7-17(23)8-5-14/h4-9,12-13,18,20-21,23-24H,3,10-11H2,1-2H3. The van der Waals surface area contributed by atoms with Gasteiger partial charge in [0.15, 0.2) is 0 Å². The number of rotatable bonds is 4. The third-order valence-corrected chi connectivity index (χ3v) is 5.42. The predicted molar refractivity (Wildman–Crippen MR) is 100 cm³/mol. The molecule has 0 aromatic heterocycles. The number of aliphatic hydroxyl groups excluding tert-OH is 1. The first-order valence-corrected chi connectivity index (χ1v) is 9.25. The maximum atomic E-state index is 10.6. The van der Waals surface area contributed by atoms with E-state index in [9.17, 15) is 10.2 Å². The molecule has 0 amide bonds. The van der Waals surface area contributed by atoms with Gasteiger partial charge in [-0.25, -0.2) is 0 Å². The van der Waals surface area contributed by atoms with Crippen molar-refractivity contribution >= 4 is 11.6 Å². The van der Waals surface area contributed by atoms with Crippen molar-refractivity contribution in [1.29, 1.82) is 0 Å². The quantitative estimate of drug-likeness (QED) is 0.817. The van der Waals surface area contributed by atoms with Gasteiger partial charge in [0.1, 0.15) is 11.9 Å². The minimum Gasteiger partial charge on any atom is -0.508 e. The van der Waals surface area contributed by atoms with E-state index in [0.717, 1.165) is 29.5 Å². The SMILES string of the molecule is CCC1CC(C)C(O)C(c2ccc(Cl)c(Cc3ccc(O)cc3)c2)O1. The molecule has 25 heavy (non-hydrogen) atoms. The first kappa shape index (κ1) is 18.2. The zero-order chi connectivity index (χ0) is 18.0. The molecule has 2 aromatic carbocycles. The van der Waals surface area contributed by atoms with Gasteiger partial charge in [-0.2, -0.15) is 0 Å². The Hall–Kier alpha value is -1.55. The van der Waals surface area contributed by atoms with Crippen molar-refractivity contribution in [2.45, 2.75) is 51.4 Å². The molecule has 3 rings (SSSR count). The molecule has 0 aliphatic carbocycles. The fourth-order valence-corrected chi connectivity index (χ4v) is 3.66. The molecule has 0 spiro atoms. The monoisotopic (exact) mass is 360 g/mol. The predicted octanol–water partition coefficient (Wildman–Crippen LogP) is 4.87. The van der Waals surface area contributed by atoms with E-state index in [4.69, 9.17) is 16.3 Å². The van der Waals surface area contributed by atoms with Crippen molar-refractivity contribution in [2.75, 3.05) is 0 Å². The van der Waals surface area contributed by atoms with Gasteiger partial charge in [0.2, 0.25) is 0 Å². The third kappa shape index (κ3) is 4.17. The van der Waals surface area contributed by atoms with E-state index in [0.29, 0.717) is 11.4 Å². The summed E-state index contributed by atoms with van der Waals surface area (Å²) in [6.45, 7) is 4.19. The van der Waals surface area contributed by atoms with Crippen LogP contribution in [0, 0.1) is 5.92 Å². The maximum absolute atomic E-state index is 10.6. The topological polar surface area (TPSA) is 49.7 Å². The van der Waals surface area contributed by atoms with Gasteiger partial charge in [-0.1, -0.05) is 49.7 Å². The molecule has 4 heteroatoms. The van der Waals surface area contributed by atoms with E-state index in [-0.39, 0.29) is 23.9 Å². The van der Waals surface area contributed by atoms with Gasteiger partial charge in [-0.15, -0.1) is 0 Å². The Morgan fingerprint density at radius 2 is 1.88 bits per heavy atom. The van der Waals surface area contributed by atoms with Gasteiger partial charge < -0.3 is 14.9 Å². The van der Waals surface area contributed by atoms with E-state index >= 15 is 0 Å². The Morgan fingerprint density at radius 3 is 2.56 bits per heavy atom. The maximum Gasteiger partial charge on any atom is 0.115 e. The molecule has 0 saturated carbocycles. The highest BCUT2D eigenvalue weighted by Gasteiger charge is 2.35. The highest BCUT2D eigenvalue weighted by atomic mass is 35.5. The van der Waals surface area contributed by atoms with Crippen molar-refractivity contribution in [3.8, 4) is 5.75 Å². The number of halogens is 1. The van der Waals surface area contributed by atoms with Crippen LogP contribution in [0.2, 0.25) is 5.02 Å². The van der Waals surface area contributed by atoms with Crippen LogP contribution in [0.5, 0.6) is 5.75 Å². The van der Waals surface area contributed by atoms with Crippen LogP contribution in [0.25, 0.3) is 0 Å². The van der Waals surface area contributed by atoms with Crippen molar-refractivity contribution in [1.82, 2.24) is 0 Å². The second kappa shape index (κ2) is 7.77. The minimum atomic E-state index is -0.509. The number of phenols is 1. The van der Waals surface area contributed by atoms with Gasteiger partial charge in [-0.05, 0) is 60.1 Å². The van der Waals surface area contributed by atoms with Gasteiger partial charge in [0, 0.05) is 5.02 Å². The number of aromatic hydroxyl groups is 1. The highest BCUT2D eigenvalue weighted by Crippen LogP contribution is 2.37. The Balaban J connectivity index is 1.86. The van der Waals surface area contributed by atoms with E-state index in [1.807, 2.05) is 30.3 Å². The summed E-state index contributed by atoms with van der Waals surface area (Å²) in [5.41, 5.74) is 3.03. The zero-order valence-corrected chi connectivity index (χ0v) is 15.4. The van der Waals surface area contributed by atoms with E-state index < -0.39 is 6.10 Å². The average molecular weight is 361 g/mol. The fraction of sp³-hybridized carbons (Fsp3) is 0.429. The lowest BCUT2D eigenvalue weighted by Crippen LogP contribution is -2.38.